The molecular formula is C15H17N3OS2. The summed E-state index contributed by atoms with van der Waals surface area (Å²) in [6, 6.07) is 7.76. The molecule has 3 rings (SSSR count). The Labute approximate surface area is 132 Å². The van der Waals surface area contributed by atoms with Crippen LogP contribution in [0.4, 0.5) is 0 Å². The second kappa shape index (κ2) is 7.06. The Balaban J connectivity index is 1.62. The summed E-state index contributed by atoms with van der Waals surface area (Å²) in [5, 5.41) is 8.28. The van der Waals surface area contributed by atoms with Crippen molar-refractivity contribution in [3.63, 3.8) is 0 Å². The molecule has 0 saturated carbocycles. The van der Waals surface area contributed by atoms with Crippen LogP contribution in [0, 0.1) is 5.92 Å². The molecule has 0 bridgehead atoms. The van der Waals surface area contributed by atoms with Crippen molar-refractivity contribution in [2.75, 3.05) is 19.6 Å². The molecule has 1 aliphatic heterocycles. The first-order valence-corrected chi connectivity index (χ1v) is 8.83. The molecule has 2 N–H and O–H groups in total. The topological polar surface area (TPSA) is 54.0 Å². The van der Waals surface area contributed by atoms with Crippen LogP contribution in [0.2, 0.25) is 0 Å². The molecule has 21 heavy (non-hydrogen) atoms. The number of aromatic nitrogens is 1. The van der Waals surface area contributed by atoms with Crippen molar-refractivity contribution in [1.29, 1.82) is 0 Å². The number of thioether (sulfide) groups is 1. The molecule has 110 valence electrons. The molecule has 1 amide bonds. The fourth-order valence-electron chi connectivity index (χ4n) is 2.07. The summed E-state index contributed by atoms with van der Waals surface area (Å²) < 4.78 is 0. The Morgan fingerprint density at radius 3 is 3.00 bits per heavy atom. The number of thiazole rings is 1. The lowest BCUT2D eigenvalue weighted by atomic mass is 10.0. The Bertz CT molecular complexity index is 597. The number of carbonyl (C=O) groups excluding carboxylic acids is 1. The van der Waals surface area contributed by atoms with Gasteiger partial charge in [0.2, 0.25) is 0 Å². The molecule has 2 heterocycles. The van der Waals surface area contributed by atoms with Gasteiger partial charge in [0.1, 0.15) is 0 Å². The summed E-state index contributed by atoms with van der Waals surface area (Å²) in [6.07, 6.45) is 0. The molecular weight excluding hydrogens is 302 g/mol. The molecule has 2 aromatic rings. The van der Waals surface area contributed by atoms with E-state index in [1.54, 1.807) is 23.1 Å². The zero-order valence-corrected chi connectivity index (χ0v) is 13.2. The first kappa shape index (κ1) is 14.6. The van der Waals surface area contributed by atoms with E-state index < -0.39 is 0 Å². The molecule has 0 atom stereocenters. The van der Waals surface area contributed by atoms with Crippen molar-refractivity contribution in [2.45, 2.75) is 10.6 Å². The molecule has 0 aliphatic carbocycles. The Morgan fingerprint density at radius 2 is 2.29 bits per heavy atom. The van der Waals surface area contributed by atoms with Gasteiger partial charge in [0, 0.05) is 41.6 Å². The lowest BCUT2D eigenvalue weighted by Gasteiger charge is -2.27. The molecule has 1 aliphatic rings. The third-order valence-electron chi connectivity index (χ3n) is 3.41. The van der Waals surface area contributed by atoms with E-state index in [4.69, 9.17) is 0 Å². The minimum atomic E-state index is 0.0169. The van der Waals surface area contributed by atoms with Gasteiger partial charge in [-0.2, -0.15) is 0 Å². The van der Waals surface area contributed by atoms with Crippen molar-refractivity contribution in [3.05, 3.63) is 46.4 Å². The summed E-state index contributed by atoms with van der Waals surface area (Å²) in [6.45, 7) is 2.75. The molecule has 1 aromatic heterocycles. The number of nitrogens with one attached hydrogen (secondary N) is 2. The van der Waals surface area contributed by atoms with E-state index in [0.29, 0.717) is 5.92 Å². The normalized spacial score (nSPS) is 14.7. The number of hydrogen-bond acceptors (Lipinski definition) is 5. The summed E-state index contributed by atoms with van der Waals surface area (Å²) in [4.78, 5) is 17.6. The number of rotatable bonds is 6. The van der Waals surface area contributed by atoms with E-state index in [0.717, 1.165) is 41.5 Å². The van der Waals surface area contributed by atoms with Gasteiger partial charge >= 0.3 is 0 Å². The van der Waals surface area contributed by atoms with Gasteiger partial charge in [-0.15, -0.1) is 23.1 Å². The van der Waals surface area contributed by atoms with Crippen LogP contribution < -0.4 is 10.6 Å². The lowest BCUT2D eigenvalue weighted by molar-refractivity contribution is 0.0939. The van der Waals surface area contributed by atoms with Crippen LogP contribution in [0.15, 0.2) is 40.1 Å². The summed E-state index contributed by atoms with van der Waals surface area (Å²) in [5.74, 6) is 1.38. The van der Waals surface area contributed by atoms with Crippen LogP contribution in [0.3, 0.4) is 0 Å². The van der Waals surface area contributed by atoms with Crippen molar-refractivity contribution in [1.82, 2.24) is 15.6 Å². The van der Waals surface area contributed by atoms with E-state index in [-0.39, 0.29) is 5.91 Å². The Hall–Kier alpha value is -1.37. The maximum Gasteiger partial charge on any atom is 0.252 e. The summed E-state index contributed by atoms with van der Waals surface area (Å²) in [7, 11) is 0. The summed E-state index contributed by atoms with van der Waals surface area (Å²) in [5.41, 5.74) is 3.65. The Kier molecular flexibility index (Phi) is 4.90. The van der Waals surface area contributed by atoms with Crippen LogP contribution in [-0.2, 0) is 5.75 Å². The van der Waals surface area contributed by atoms with Gasteiger partial charge in [-0.3, -0.25) is 4.79 Å². The standard InChI is InChI=1S/C15H17N3OS2/c19-15(17-7-11-5-16-6-11)13-3-1-2-4-14(13)21-9-12-8-20-10-18-12/h1-4,8,10-11,16H,5-7,9H2,(H,17,19). The minimum Gasteiger partial charge on any atom is -0.352 e. The van der Waals surface area contributed by atoms with Crippen LogP contribution in [-0.4, -0.2) is 30.5 Å². The quantitative estimate of drug-likeness (QED) is 0.803. The number of hydrogen-bond donors (Lipinski definition) is 2. The second-order valence-corrected chi connectivity index (χ2v) is 6.73. The van der Waals surface area contributed by atoms with Crippen LogP contribution >= 0.6 is 23.1 Å². The van der Waals surface area contributed by atoms with E-state index in [9.17, 15) is 4.79 Å². The first-order valence-electron chi connectivity index (χ1n) is 6.91. The predicted molar refractivity (Wildman–Crippen MR) is 86.8 cm³/mol. The highest BCUT2D eigenvalue weighted by Crippen LogP contribution is 2.26. The van der Waals surface area contributed by atoms with Crippen molar-refractivity contribution in [3.8, 4) is 0 Å². The number of amides is 1. The lowest BCUT2D eigenvalue weighted by Crippen LogP contribution is -2.48. The van der Waals surface area contributed by atoms with Gasteiger partial charge in [-0.25, -0.2) is 4.98 Å². The van der Waals surface area contributed by atoms with E-state index in [1.807, 2.05) is 35.2 Å². The zero-order valence-electron chi connectivity index (χ0n) is 11.5. The largest absolute Gasteiger partial charge is 0.352 e. The average Bonchev–Trinajstić information content (AvgIpc) is 2.97. The average molecular weight is 319 g/mol. The van der Waals surface area contributed by atoms with Gasteiger partial charge in [0.15, 0.2) is 0 Å². The highest BCUT2D eigenvalue weighted by Gasteiger charge is 2.18. The van der Waals surface area contributed by atoms with Gasteiger partial charge in [0.05, 0.1) is 16.8 Å². The minimum absolute atomic E-state index is 0.0169. The highest BCUT2D eigenvalue weighted by molar-refractivity contribution is 7.98. The van der Waals surface area contributed by atoms with Gasteiger partial charge in [-0.1, -0.05) is 12.1 Å². The van der Waals surface area contributed by atoms with Crippen LogP contribution in [0.5, 0.6) is 0 Å². The SMILES string of the molecule is O=C(NCC1CNC1)c1ccccc1SCc1cscn1. The van der Waals surface area contributed by atoms with E-state index >= 15 is 0 Å². The Morgan fingerprint density at radius 1 is 1.43 bits per heavy atom. The van der Waals surface area contributed by atoms with E-state index in [2.05, 4.69) is 15.6 Å². The molecule has 0 radical (unpaired) electrons. The van der Waals surface area contributed by atoms with Gasteiger partial charge in [-0.05, 0) is 12.1 Å². The zero-order chi connectivity index (χ0) is 14.5. The first-order chi connectivity index (χ1) is 10.3. The molecule has 1 fully saturated rings. The summed E-state index contributed by atoms with van der Waals surface area (Å²) >= 11 is 3.25. The fraction of sp³-hybridized carbons (Fsp3) is 0.333. The maximum absolute atomic E-state index is 12.3. The molecule has 1 saturated heterocycles. The molecule has 0 unspecified atom stereocenters. The smallest absolute Gasteiger partial charge is 0.252 e. The molecule has 4 nitrogen and oxygen atoms in total. The van der Waals surface area contributed by atoms with Crippen molar-refractivity contribution >= 4 is 29.0 Å². The highest BCUT2D eigenvalue weighted by atomic mass is 32.2. The van der Waals surface area contributed by atoms with Crippen LogP contribution in [0.25, 0.3) is 0 Å². The number of nitrogens with zero attached hydrogens (tertiary/aromatic N) is 1. The third-order valence-corrected chi connectivity index (χ3v) is 5.15. The molecule has 1 aromatic carbocycles. The monoisotopic (exact) mass is 319 g/mol. The van der Waals surface area contributed by atoms with Crippen LogP contribution in [0.1, 0.15) is 16.1 Å². The van der Waals surface area contributed by atoms with Gasteiger partial charge in [0.25, 0.3) is 5.91 Å². The fourth-order valence-corrected chi connectivity index (χ4v) is 3.68. The number of carbonyl (C=O) groups is 1. The van der Waals surface area contributed by atoms with Gasteiger partial charge < -0.3 is 10.6 Å². The van der Waals surface area contributed by atoms with E-state index in [1.165, 1.54) is 0 Å². The maximum atomic E-state index is 12.3. The van der Waals surface area contributed by atoms with Crippen molar-refractivity contribution < 1.29 is 4.79 Å². The molecule has 0 spiro atoms. The molecule has 6 heteroatoms. The van der Waals surface area contributed by atoms with Crippen molar-refractivity contribution in [2.24, 2.45) is 5.92 Å². The number of benzene rings is 1. The second-order valence-electron chi connectivity index (χ2n) is 5.00. The predicted octanol–water partition coefficient (Wildman–Crippen LogP) is 2.38. The third kappa shape index (κ3) is 3.84.